The number of carbonyl (C=O) groups excluding carboxylic acids is 1. The van der Waals surface area contributed by atoms with Crippen molar-refractivity contribution in [3.05, 3.63) is 0 Å². The topological polar surface area (TPSA) is 66.4 Å². The lowest BCUT2D eigenvalue weighted by Crippen LogP contribution is -2.55. The van der Waals surface area contributed by atoms with E-state index in [4.69, 9.17) is 0 Å². The van der Waals surface area contributed by atoms with Gasteiger partial charge >= 0.3 is 5.97 Å². The molecule has 1 aliphatic carbocycles. The summed E-state index contributed by atoms with van der Waals surface area (Å²) in [5.41, 5.74) is -1.00. The van der Waals surface area contributed by atoms with E-state index in [1.165, 1.54) is 6.92 Å². The van der Waals surface area contributed by atoms with Crippen LogP contribution < -0.4 is 5.32 Å². The standard InChI is InChI=1S/C11H19NO3/c1-3-9-4-6-11(7-5-9,10(14)15)12-8(2)13/h9H,3-7H2,1-2H3,(H,12,13)(H,14,15). The van der Waals surface area contributed by atoms with Gasteiger partial charge in [-0.3, -0.25) is 4.79 Å². The van der Waals surface area contributed by atoms with Crippen molar-refractivity contribution in [2.75, 3.05) is 0 Å². The highest BCUT2D eigenvalue weighted by molar-refractivity contribution is 5.86. The summed E-state index contributed by atoms with van der Waals surface area (Å²) in [5, 5.41) is 11.8. The Morgan fingerprint density at radius 2 is 1.93 bits per heavy atom. The van der Waals surface area contributed by atoms with E-state index in [1.54, 1.807) is 0 Å². The van der Waals surface area contributed by atoms with Gasteiger partial charge in [-0.25, -0.2) is 4.79 Å². The number of carbonyl (C=O) groups is 2. The first kappa shape index (κ1) is 12.0. The smallest absolute Gasteiger partial charge is 0.329 e. The van der Waals surface area contributed by atoms with Gasteiger partial charge in [0.2, 0.25) is 5.91 Å². The molecule has 0 saturated heterocycles. The van der Waals surface area contributed by atoms with Crippen LogP contribution in [0, 0.1) is 5.92 Å². The van der Waals surface area contributed by atoms with Crippen molar-refractivity contribution < 1.29 is 14.7 Å². The molecule has 4 heteroatoms. The average molecular weight is 213 g/mol. The zero-order valence-corrected chi connectivity index (χ0v) is 9.38. The monoisotopic (exact) mass is 213 g/mol. The number of amides is 1. The second-order valence-electron chi connectivity index (χ2n) is 4.42. The molecule has 1 saturated carbocycles. The van der Waals surface area contributed by atoms with Gasteiger partial charge in [-0.05, 0) is 31.6 Å². The van der Waals surface area contributed by atoms with Crippen LogP contribution in [0.15, 0.2) is 0 Å². The molecule has 0 aromatic rings. The van der Waals surface area contributed by atoms with Crippen LogP contribution in [-0.4, -0.2) is 22.5 Å². The number of hydrogen-bond donors (Lipinski definition) is 2. The average Bonchev–Trinajstić information content (AvgIpc) is 2.17. The van der Waals surface area contributed by atoms with Crippen molar-refractivity contribution in [3.8, 4) is 0 Å². The lowest BCUT2D eigenvalue weighted by molar-refractivity contribution is -0.149. The van der Waals surface area contributed by atoms with Crippen LogP contribution in [0.3, 0.4) is 0 Å². The number of nitrogens with one attached hydrogen (secondary N) is 1. The molecule has 0 unspecified atom stereocenters. The Labute approximate surface area is 90.0 Å². The van der Waals surface area contributed by atoms with Crippen molar-refractivity contribution in [1.29, 1.82) is 0 Å². The third-order valence-electron chi connectivity index (χ3n) is 3.36. The van der Waals surface area contributed by atoms with Gasteiger partial charge in [-0.15, -0.1) is 0 Å². The number of carboxylic acid groups (broad SMARTS) is 1. The van der Waals surface area contributed by atoms with E-state index in [2.05, 4.69) is 12.2 Å². The molecule has 15 heavy (non-hydrogen) atoms. The number of carboxylic acids is 1. The van der Waals surface area contributed by atoms with Crippen LogP contribution >= 0.6 is 0 Å². The van der Waals surface area contributed by atoms with Gasteiger partial charge in [0.05, 0.1) is 0 Å². The van der Waals surface area contributed by atoms with E-state index in [-0.39, 0.29) is 5.91 Å². The van der Waals surface area contributed by atoms with Crippen molar-refractivity contribution in [2.45, 2.75) is 51.5 Å². The molecule has 0 heterocycles. The fourth-order valence-electron chi connectivity index (χ4n) is 2.31. The molecule has 0 radical (unpaired) electrons. The maximum Gasteiger partial charge on any atom is 0.329 e. The van der Waals surface area contributed by atoms with Crippen LogP contribution in [0.25, 0.3) is 0 Å². The minimum Gasteiger partial charge on any atom is -0.480 e. The zero-order valence-electron chi connectivity index (χ0n) is 9.38. The lowest BCUT2D eigenvalue weighted by atomic mass is 9.75. The normalized spacial score (nSPS) is 30.9. The van der Waals surface area contributed by atoms with Crippen molar-refractivity contribution in [1.82, 2.24) is 5.32 Å². The number of aliphatic carboxylic acids is 1. The summed E-state index contributed by atoms with van der Waals surface area (Å²) < 4.78 is 0. The Morgan fingerprint density at radius 1 is 1.40 bits per heavy atom. The van der Waals surface area contributed by atoms with E-state index >= 15 is 0 Å². The third-order valence-corrected chi connectivity index (χ3v) is 3.36. The fourth-order valence-corrected chi connectivity index (χ4v) is 2.31. The molecule has 86 valence electrons. The summed E-state index contributed by atoms with van der Waals surface area (Å²) in [4.78, 5) is 22.2. The van der Waals surface area contributed by atoms with Crippen molar-refractivity contribution in [2.24, 2.45) is 5.92 Å². The Hall–Kier alpha value is -1.06. The van der Waals surface area contributed by atoms with E-state index in [0.29, 0.717) is 18.8 Å². The molecule has 4 nitrogen and oxygen atoms in total. The van der Waals surface area contributed by atoms with E-state index < -0.39 is 11.5 Å². The highest BCUT2D eigenvalue weighted by atomic mass is 16.4. The zero-order chi connectivity index (χ0) is 11.5. The Kier molecular flexibility index (Phi) is 3.72. The Bertz CT molecular complexity index is 255. The third kappa shape index (κ3) is 2.70. The van der Waals surface area contributed by atoms with E-state index in [0.717, 1.165) is 19.3 Å². The molecule has 0 aromatic carbocycles. The van der Waals surface area contributed by atoms with Gasteiger partial charge in [0.15, 0.2) is 0 Å². The first-order valence-corrected chi connectivity index (χ1v) is 5.52. The predicted molar refractivity (Wildman–Crippen MR) is 56.4 cm³/mol. The van der Waals surface area contributed by atoms with Gasteiger partial charge in [0.1, 0.15) is 5.54 Å². The minimum absolute atomic E-state index is 0.257. The van der Waals surface area contributed by atoms with Crippen molar-refractivity contribution in [3.63, 3.8) is 0 Å². The molecule has 1 fully saturated rings. The molecule has 0 aliphatic heterocycles. The van der Waals surface area contributed by atoms with E-state index in [1.807, 2.05) is 0 Å². The second kappa shape index (κ2) is 4.64. The summed E-state index contributed by atoms with van der Waals surface area (Å²) >= 11 is 0. The molecule has 1 rings (SSSR count). The SMILES string of the molecule is CCC1CCC(NC(C)=O)(C(=O)O)CC1. The summed E-state index contributed by atoms with van der Waals surface area (Å²) in [6.45, 7) is 3.49. The lowest BCUT2D eigenvalue weighted by Gasteiger charge is -2.36. The number of hydrogen-bond acceptors (Lipinski definition) is 2. The predicted octanol–water partition coefficient (Wildman–Crippen LogP) is 1.55. The highest BCUT2D eigenvalue weighted by Crippen LogP contribution is 2.33. The van der Waals surface area contributed by atoms with Gasteiger partial charge in [0, 0.05) is 6.92 Å². The van der Waals surface area contributed by atoms with E-state index in [9.17, 15) is 14.7 Å². The van der Waals surface area contributed by atoms with Crippen LogP contribution in [0.5, 0.6) is 0 Å². The van der Waals surface area contributed by atoms with Gasteiger partial charge in [0.25, 0.3) is 0 Å². The van der Waals surface area contributed by atoms with Crippen LogP contribution in [0.2, 0.25) is 0 Å². The molecule has 0 aromatic heterocycles. The van der Waals surface area contributed by atoms with Crippen molar-refractivity contribution >= 4 is 11.9 Å². The number of rotatable bonds is 3. The maximum absolute atomic E-state index is 11.2. The molecule has 0 atom stereocenters. The fraction of sp³-hybridized carbons (Fsp3) is 0.818. The molecule has 1 aliphatic rings. The largest absolute Gasteiger partial charge is 0.480 e. The summed E-state index contributed by atoms with van der Waals surface area (Å²) in [6, 6.07) is 0. The Balaban J connectivity index is 2.69. The molecule has 1 amide bonds. The van der Waals surface area contributed by atoms with Gasteiger partial charge in [-0.1, -0.05) is 13.3 Å². The quantitative estimate of drug-likeness (QED) is 0.747. The van der Waals surface area contributed by atoms with Gasteiger partial charge < -0.3 is 10.4 Å². The molecular weight excluding hydrogens is 194 g/mol. The molecular formula is C11H19NO3. The first-order chi connectivity index (χ1) is 7.00. The van der Waals surface area contributed by atoms with Gasteiger partial charge in [-0.2, -0.15) is 0 Å². The summed E-state index contributed by atoms with van der Waals surface area (Å²) in [6.07, 6.45) is 3.99. The van der Waals surface area contributed by atoms with Crippen LogP contribution in [0.4, 0.5) is 0 Å². The molecule has 2 N–H and O–H groups in total. The molecule has 0 bridgehead atoms. The summed E-state index contributed by atoms with van der Waals surface area (Å²) in [5.74, 6) is -0.536. The minimum atomic E-state index is -1.00. The highest BCUT2D eigenvalue weighted by Gasteiger charge is 2.42. The summed E-state index contributed by atoms with van der Waals surface area (Å²) in [7, 11) is 0. The van der Waals surface area contributed by atoms with Crippen LogP contribution in [-0.2, 0) is 9.59 Å². The Morgan fingerprint density at radius 3 is 2.27 bits per heavy atom. The maximum atomic E-state index is 11.2. The van der Waals surface area contributed by atoms with Crippen LogP contribution in [0.1, 0.15) is 46.0 Å². The molecule has 0 spiro atoms. The second-order valence-corrected chi connectivity index (χ2v) is 4.42. The first-order valence-electron chi connectivity index (χ1n) is 5.52.